The quantitative estimate of drug-likeness (QED) is 0.875. The molecule has 1 aliphatic carbocycles. The average molecular weight is 385 g/mol. The SMILES string of the molecule is O=C(Nc1ccccc1)[C@@H]1C[C@@H]2CCCC[C@@H]2N1S(=O)(=O)c1ccccc1. The topological polar surface area (TPSA) is 66.5 Å². The van der Waals surface area contributed by atoms with Crippen LogP contribution in [0.1, 0.15) is 32.1 Å². The Balaban J connectivity index is 1.67. The van der Waals surface area contributed by atoms with Crippen molar-refractivity contribution in [2.24, 2.45) is 5.92 Å². The number of sulfonamides is 1. The van der Waals surface area contributed by atoms with E-state index in [1.54, 1.807) is 30.3 Å². The molecule has 1 amide bonds. The van der Waals surface area contributed by atoms with Crippen molar-refractivity contribution in [1.29, 1.82) is 0 Å². The van der Waals surface area contributed by atoms with Gasteiger partial charge in [0, 0.05) is 11.7 Å². The van der Waals surface area contributed by atoms with Crippen LogP contribution in [0, 0.1) is 5.92 Å². The summed E-state index contributed by atoms with van der Waals surface area (Å²) in [5.41, 5.74) is 0.689. The third-order valence-corrected chi connectivity index (χ3v) is 7.64. The number of amides is 1. The van der Waals surface area contributed by atoms with Gasteiger partial charge in [0.05, 0.1) is 4.90 Å². The summed E-state index contributed by atoms with van der Waals surface area (Å²) >= 11 is 0. The summed E-state index contributed by atoms with van der Waals surface area (Å²) in [6.07, 6.45) is 4.52. The van der Waals surface area contributed by atoms with Gasteiger partial charge >= 0.3 is 0 Å². The second kappa shape index (κ2) is 7.44. The largest absolute Gasteiger partial charge is 0.325 e. The van der Waals surface area contributed by atoms with Crippen LogP contribution in [0.5, 0.6) is 0 Å². The molecule has 0 bridgehead atoms. The third-order valence-electron chi connectivity index (χ3n) is 5.69. The Labute approximate surface area is 160 Å². The molecule has 0 aromatic heterocycles. The first-order valence-electron chi connectivity index (χ1n) is 9.52. The molecule has 0 radical (unpaired) electrons. The van der Waals surface area contributed by atoms with E-state index in [-0.39, 0.29) is 22.8 Å². The molecule has 1 N–H and O–H groups in total. The molecule has 5 nitrogen and oxygen atoms in total. The highest BCUT2D eigenvalue weighted by Gasteiger charge is 2.50. The summed E-state index contributed by atoms with van der Waals surface area (Å²) in [6, 6.07) is 16.9. The molecule has 6 heteroatoms. The number of fused-ring (bicyclic) bond motifs is 1. The minimum absolute atomic E-state index is 0.0875. The van der Waals surface area contributed by atoms with E-state index in [9.17, 15) is 13.2 Å². The monoisotopic (exact) mass is 384 g/mol. The van der Waals surface area contributed by atoms with E-state index in [1.165, 1.54) is 4.31 Å². The molecule has 142 valence electrons. The zero-order valence-corrected chi connectivity index (χ0v) is 15.9. The number of hydrogen-bond donors (Lipinski definition) is 1. The minimum Gasteiger partial charge on any atom is -0.325 e. The summed E-state index contributed by atoms with van der Waals surface area (Å²) in [5.74, 6) is 0.0128. The molecule has 2 aliphatic rings. The molecule has 4 rings (SSSR count). The minimum atomic E-state index is -3.72. The molecule has 2 aromatic rings. The van der Waals surface area contributed by atoms with Crippen LogP contribution in [-0.4, -0.2) is 30.7 Å². The number of para-hydroxylation sites is 1. The van der Waals surface area contributed by atoms with Crippen molar-refractivity contribution >= 4 is 21.6 Å². The van der Waals surface area contributed by atoms with Gasteiger partial charge in [-0.15, -0.1) is 0 Å². The summed E-state index contributed by atoms with van der Waals surface area (Å²) in [5, 5.41) is 2.90. The van der Waals surface area contributed by atoms with Crippen LogP contribution >= 0.6 is 0 Å². The Kier molecular flexibility index (Phi) is 5.02. The number of anilines is 1. The number of nitrogens with one attached hydrogen (secondary N) is 1. The highest BCUT2D eigenvalue weighted by Crippen LogP contribution is 2.43. The van der Waals surface area contributed by atoms with Gasteiger partial charge in [-0.25, -0.2) is 8.42 Å². The van der Waals surface area contributed by atoms with Crippen LogP contribution in [0.25, 0.3) is 0 Å². The number of nitrogens with zero attached hydrogens (tertiary/aromatic N) is 1. The summed E-state index contributed by atoms with van der Waals surface area (Å²) in [6.45, 7) is 0. The Morgan fingerprint density at radius 3 is 2.26 bits per heavy atom. The van der Waals surface area contributed by atoms with Gasteiger partial charge < -0.3 is 5.32 Å². The Bertz CT molecular complexity index is 900. The summed E-state index contributed by atoms with van der Waals surface area (Å²) in [4.78, 5) is 13.3. The van der Waals surface area contributed by atoms with Gasteiger partial charge in [0.25, 0.3) is 0 Å². The predicted molar refractivity (Wildman–Crippen MR) is 105 cm³/mol. The Hall–Kier alpha value is -2.18. The van der Waals surface area contributed by atoms with E-state index in [2.05, 4.69) is 5.32 Å². The van der Waals surface area contributed by atoms with E-state index in [0.717, 1.165) is 25.7 Å². The molecule has 27 heavy (non-hydrogen) atoms. The van der Waals surface area contributed by atoms with Gasteiger partial charge in [0.2, 0.25) is 15.9 Å². The fourth-order valence-electron chi connectivity index (χ4n) is 4.45. The molecule has 1 saturated heterocycles. The smallest absolute Gasteiger partial charge is 0.244 e. The molecule has 0 spiro atoms. The number of carbonyl (C=O) groups excluding carboxylic acids is 1. The van der Waals surface area contributed by atoms with Crippen molar-refractivity contribution < 1.29 is 13.2 Å². The number of carbonyl (C=O) groups is 1. The summed E-state index contributed by atoms with van der Waals surface area (Å²) < 4.78 is 28.3. The number of benzene rings is 2. The molecular weight excluding hydrogens is 360 g/mol. The number of hydrogen-bond acceptors (Lipinski definition) is 3. The first-order chi connectivity index (χ1) is 13.1. The lowest BCUT2D eigenvalue weighted by molar-refractivity contribution is -0.119. The lowest BCUT2D eigenvalue weighted by Crippen LogP contribution is -2.47. The first-order valence-corrected chi connectivity index (χ1v) is 11.0. The number of rotatable bonds is 4. The van der Waals surface area contributed by atoms with Crippen LogP contribution in [-0.2, 0) is 14.8 Å². The van der Waals surface area contributed by atoms with Crippen molar-refractivity contribution in [3.05, 3.63) is 60.7 Å². The third kappa shape index (κ3) is 3.51. The second-order valence-electron chi connectivity index (χ2n) is 7.37. The van der Waals surface area contributed by atoms with E-state index in [0.29, 0.717) is 12.1 Å². The maximum atomic E-state index is 13.4. The van der Waals surface area contributed by atoms with Crippen molar-refractivity contribution in [3.8, 4) is 0 Å². The lowest BCUT2D eigenvalue weighted by Gasteiger charge is -2.32. The van der Waals surface area contributed by atoms with Crippen molar-refractivity contribution in [2.75, 3.05) is 5.32 Å². The highest BCUT2D eigenvalue weighted by molar-refractivity contribution is 7.89. The average Bonchev–Trinajstić information content (AvgIpc) is 3.10. The molecule has 1 saturated carbocycles. The molecule has 1 heterocycles. The Morgan fingerprint density at radius 2 is 1.56 bits per heavy atom. The van der Waals surface area contributed by atoms with Crippen LogP contribution in [0.4, 0.5) is 5.69 Å². The lowest BCUT2D eigenvalue weighted by atomic mass is 9.85. The molecule has 1 aliphatic heterocycles. The van der Waals surface area contributed by atoms with E-state index >= 15 is 0 Å². The zero-order chi connectivity index (χ0) is 18.9. The molecule has 2 fully saturated rings. The van der Waals surface area contributed by atoms with Crippen LogP contribution in [0.2, 0.25) is 0 Å². The predicted octanol–water partition coefficient (Wildman–Crippen LogP) is 3.65. The van der Waals surface area contributed by atoms with Crippen molar-refractivity contribution in [1.82, 2.24) is 4.31 Å². The van der Waals surface area contributed by atoms with E-state index < -0.39 is 16.1 Å². The standard InChI is InChI=1S/C21H24N2O3S/c24-21(22-17-10-3-1-4-11-17)20-15-16-9-7-8-14-19(16)23(20)27(25,26)18-12-5-2-6-13-18/h1-6,10-13,16,19-20H,7-9,14-15H2,(H,22,24)/t16-,19-,20-/m0/s1. The zero-order valence-electron chi connectivity index (χ0n) is 15.1. The molecular formula is C21H24N2O3S. The van der Waals surface area contributed by atoms with Gasteiger partial charge in [0.1, 0.15) is 6.04 Å². The van der Waals surface area contributed by atoms with Gasteiger partial charge in [0.15, 0.2) is 0 Å². The van der Waals surface area contributed by atoms with E-state index in [1.807, 2.05) is 30.3 Å². The van der Waals surface area contributed by atoms with Gasteiger partial charge in [-0.05, 0) is 49.4 Å². The highest BCUT2D eigenvalue weighted by atomic mass is 32.2. The second-order valence-corrected chi connectivity index (χ2v) is 9.21. The summed E-state index contributed by atoms with van der Waals surface area (Å²) in [7, 11) is -3.72. The van der Waals surface area contributed by atoms with Crippen molar-refractivity contribution in [3.63, 3.8) is 0 Å². The first kappa shape index (κ1) is 18.2. The van der Waals surface area contributed by atoms with E-state index in [4.69, 9.17) is 0 Å². The van der Waals surface area contributed by atoms with Crippen LogP contribution < -0.4 is 5.32 Å². The normalized spacial score (nSPS) is 25.7. The fraction of sp³-hybridized carbons (Fsp3) is 0.381. The van der Waals surface area contributed by atoms with Gasteiger partial charge in [-0.2, -0.15) is 4.31 Å². The van der Waals surface area contributed by atoms with Crippen molar-refractivity contribution in [2.45, 2.75) is 49.1 Å². The molecule has 0 unspecified atom stereocenters. The molecule has 2 aromatic carbocycles. The van der Waals surface area contributed by atoms with Crippen LogP contribution in [0.15, 0.2) is 65.6 Å². The maximum Gasteiger partial charge on any atom is 0.244 e. The van der Waals surface area contributed by atoms with Crippen LogP contribution in [0.3, 0.4) is 0 Å². The van der Waals surface area contributed by atoms with Gasteiger partial charge in [-0.1, -0.05) is 49.2 Å². The Morgan fingerprint density at radius 1 is 0.926 bits per heavy atom. The maximum absolute atomic E-state index is 13.4. The van der Waals surface area contributed by atoms with Gasteiger partial charge in [-0.3, -0.25) is 4.79 Å². The molecule has 3 atom stereocenters. The fourth-order valence-corrected chi connectivity index (χ4v) is 6.34.